The number of aromatic nitrogens is 4. The highest BCUT2D eigenvalue weighted by molar-refractivity contribution is 5.44. The molecule has 0 unspecified atom stereocenters. The van der Waals surface area contributed by atoms with Crippen LogP contribution in [0.4, 0.5) is 19.0 Å². The zero-order valence-electron chi connectivity index (χ0n) is 23.5. The van der Waals surface area contributed by atoms with E-state index in [1.807, 2.05) is 4.90 Å². The van der Waals surface area contributed by atoms with Crippen molar-refractivity contribution in [3.8, 4) is 35.4 Å². The Bertz CT molecular complexity index is 1190. The Balaban J connectivity index is 0.000000229. The average molecular weight is 547 g/mol. The summed E-state index contributed by atoms with van der Waals surface area (Å²) < 4.78 is 49.4. The van der Waals surface area contributed by atoms with Crippen LogP contribution in [-0.4, -0.2) is 59.3 Å². The Morgan fingerprint density at radius 3 is 1.90 bits per heavy atom. The standard InChI is InChI=1S/C14H18FN3O.C8H6F2N2O.C6H13N/c1-4-5-8-19-13-11(15)12(16-10-17-13)18-7-6-14(2,3)9-18;1-2-3-4-13-8-6(9)7(10)11-5-12-8;1-6(2)3-4-7-5-6/h10H,6-9H2,1-3H3;5H,4H2,1H3;7H,3-5H2,1-2H3. The molecule has 2 aromatic heterocycles. The number of hydrogen-bond donors (Lipinski definition) is 1. The fourth-order valence-corrected chi connectivity index (χ4v) is 3.69. The van der Waals surface area contributed by atoms with E-state index < -0.39 is 23.5 Å². The molecule has 0 bridgehead atoms. The molecule has 2 aliphatic heterocycles. The van der Waals surface area contributed by atoms with Crippen molar-refractivity contribution in [2.24, 2.45) is 10.8 Å². The molecule has 0 amide bonds. The first-order valence-corrected chi connectivity index (χ1v) is 12.7. The van der Waals surface area contributed by atoms with Gasteiger partial charge in [-0.05, 0) is 44.1 Å². The largest absolute Gasteiger partial charge is 0.462 e. The van der Waals surface area contributed by atoms with Crippen LogP contribution in [0, 0.1) is 52.1 Å². The van der Waals surface area contributed by atoms with Crippen molar-refractivity contribution >= 4 is 5.82 Å². The molecule has 8 nitrogen and oxygen atoms in total. The van der Waals surface area contributed by atoms with Crippen LogP contribution in [0.3, 0.4) is 0 Å². The van der Waals surface area contributed by atoms with Gasteiger partial charge in [0.05, 0.1) is 0 Å². The van der Waals surface area contributed by atoms with Gasteiger partial charge in [-0.15, -0.1) is 11.8 Å². The third-order valence-electron chi connectivity index (χ3n) is 5.93. The molecule has 212 valence electrons. The van der Waals surface area contributed by atoms with Crippen molar-refractivity contribution in [3.05, 3.63) is 30.2 Å². The van der Waals surface area contributed by atoms with Gasteiger partial charge in [0.25, 0.3) is 17.7 Å². The summed E-state index contributed by atoms with van der Waals surface area (Å²) in [5, 5.41) is 3.31. The Labute approximate surface area is 229 Å². The van der Waals surface area contributed by atoms with Crippen LogP contribution in [-0.2, 0) is 0 Å². The summed E-state index contributed by atoms with van der Waals surface area (Å²) in [5.41, 5.74) is 0.770. The van der Waals surface area contributed by atoms with Crippen molar-refractivity contribution in [3.63, 3.8) is 0 Å². The number of hydrogen-bond acceptors (Lipinski definition) is 8. The number of halogens is 3. The minimum atomic E-state index is -1.23. The lowest BCUT2D eigenvalue weighted by Gasteiger charge is -2.21. The first kappa shape index (κ1) is 31.6. The molecule has 1 N–H and O–H groups in total. The second kappa shape index (κ2) is 15.1. The lowest BCUT2D eigenvalue weighted by atomic mass is 9.93. The molecule has 0 atom stereocenters. The van der Waals surface area contributed by atoms with E-state index in [0.29, 0.717) is 11.2 Å². The third-order valence-corrected chi connectivity index (χ3v) is 5.93. The monoisotopic (exact) mass is 546 g/mol. The van der Waals surface area contributed by atoms with E-state index in [0.717, 1.165) is 25.8 Å². The van der Waals surface area contributed by atoms with E-state index in [1.54, 1.807) is 13.8 Å². The maximum atomic E-state index is 14.3. The molecule has 0 radical (unpaired) electrons. The lowest BCUT2D eigenvalue weighted by Crippen LogP contribution is -2.25. The Morgan fingerprint density at radius 1 is 0.846 bits per heavy atom. The minimum absolute atomic E-state index is 0.0239. The number of ether oxygens (including phenoxy) is 2. The van der Waals surface area contributed by atoms with E-state index in [2.05, 4.69) is 76.6 Å². The van der Waals surface area contributed by atoms with Gasteiger partial charge >= 0.3 is 0 Å². The molecular weight excluding hydrogens is 509 g/mol. The average Bonchev–Trinajstić information content (AvgIpc) is 3.47. The number of rotatable bonds is 5. The van der Waals surface area contributed by atoms with Gasteiger partial charge in [0.2, 0.25) is 11.6 Å². The van der Waals surface area contributed by atoms with Crippen molar-refractivity contribution in [2.45, 2.75) is 54.4 Å². The number of nitrogens with zero attached hydrogens (tertiary/aromatic N) is 5. The van der Waals surface area contributed by atoms with Crippen LogP contribution in [0.1, 0.15) is 54.4 Å². The van der Waals surface area contributed by atoms with Crippen LogP contribution in [0.5, 0.6) is 11.8 Å². The molecule has 4 heterocycles. The molecule has 0 aliphatic carbocycles. The van der Waals surface area contributed by atoms with Crippen molar-refractivity contribution in [1.29, 1.82) is 0 Å². The second-order valence-corrected chi connectivity index (χ2v) is 10.5. The molecule has 0 saturated carbocycles. The van der Waals surface area contributed by atoms with Crippen molar-refractivity contribution in [1.82, 2.24) is 25.3 Å². The summed E-state index contributed by atoms with van der Waals surface area (Å²) in [4.78, 5) is 16.2. The molecule has 2 fully saturated rings. The quantitative estimate of drug-likeness (QED) is 0.436. The first-order valence-electron chi connectivity index (χ1n) is 12.7. The van der Waals surface area contributed by atoms with E-state index in [-0.39, 0.29) is 24.5 Å². The van der Waals surface area contributed by atoms with Crippen LogP contribution in [0.25, 0.3) is 0 Å². The van der Waals surface area contributed by atoms with E-state index in [1.165, 1.54) is 25.8 Å². The van der Waals surface area contributed by atoms with E-state index in [9.17, 15) is 13.2 Å². The van der Waals surface area contributed by atoms with Gasteiger partial charge in [0.1, 0.15) is 12.7 Å². The van der Waals surface area contributed by atoms with Crippen LogP contribution in [0.2, 0.25) is 0 Å². The maximum Gasteiger partial charge on any atom is 0.257 e. The van der Waals surface area contributed by atoms with E-state index in [4.69, 9.17) is 9.47 Å². The highest BCUT2D eigenvalue weighted by atomic mass is 19.2. The van der Waals surface area contributed by atoms with Gasteiger partial charge in [-0.1, -0.05) is 39.5 Å². The molecule has 2 aromatic rings. The van der Waals surface area contributed by atoms with Gasteiger partial charge in [-0.3, -0.25) is 0 Å². The summed E-state index contributed by atoms with van der Waals surface area (Å²) in [6, 6.07) is 0. The van der Waals surface area contributed by atoms with Gasteiger partial charge < -0.3 is 19.7 Å². The van der Waals surface area contributed by atoms with Gasteiger partial charge in [0, 0.05) is 19.6 Å². The van der Waals surface area contributed by atoms with Gasteiger partial charge in [-0.25, -0.2) is 9.97 Å². The first-order chi connectivity index (χ1) is 18.5. The smallest absolute Gasteiger partial charge is 0.257 e. The minimum Gasteiger partial charge on any atom is -0.462 e. The topological polar surface area (TPSA) is 85.3 Å². The summed E-state index contributed by atoms with van der Waals surface area (Å²) in [6.07, 6.45) is 4.58. The zero-order chi connectivity index (χ0) is 28.9. The normalized spacial score (nSPS) is 16.3. The molecule has 2 aliphatic rings. The molecule has 11 heteroatoms. The Hall–Kier alpha value is -3.57. The number of nitrogens with one attached hydrogen (secondary N) is 1. The van der Waals surface area contributed by atoms with Crippen molar-refractivity contribution in [2.75, 3.05) is 44.3 Å². The zero-order valence-corrected chi connectivity index (χ0v) is 23.5. The predicted octanol–water partition coefficient (Wildman–Crippen LogP) is 4.42. The molecule has 39 heavy (non-hydrogen) atoms. The molecule has 4 rings (SSSR count). The maximum absolute atomic E-state index is 14.3. The number of anilines is 1. The predicted molar refractivity (Wildman–Crippen MR) is 144 cm³/mol. The molecular formula is C28H37F3N6O2. The highest BCUT2D eigenvalue weighted by Crippen LogP contribution is 2.34. The molecule has 0 aromatic carbocycles. The van der Waals surface area contributed by atoms with Crippen LogP contribution in [0.15, 0.2) is 12.7 Å². The van der Waals surface area contributed by atoms with Crippen LogP contribution < -0.4 is 19.7 Å². The highest BCUT2D eigenvalue weighted by Gasteiger charge is 2.32. The van der Waals surface area contributed by atoms with Gasteiger partial charge in [-0.2, -0.15) is 23.1 Å². The lowest BCUT2D eigenvalue weighted by molar-refractivity contribution is 0.317. The fraction of sp³-hybridized carbons (Fsp3) is 0.571. The fourth-order valence-electron chi connectivity index (χ4n) is 3.69. The summed E-state index contributed by atoms with van der Waals surface area (Å²) >= 11 is 0. The summed E-state index contributed by atoms with van der Waals surface area (Å²) in [6.45, 7) is 16.4. The third kappa shape index (κ3) is 10.6. The summed E-state index contributed by atoms with van der Waals surface area (Å²) in [5.74, 6) is 7.40. The van der Waals surface area contributed by atoms with Crippen molar-refractivity contribution < 1.29 is 22.6 Å². The second-order valence-electron chi connectivity index (χ2n) is 10.5. The van der Waals surface area contributed by atoms with E-state index >= 15 is 0 Å². The SMILES string of the molecule is CC#CCOc1ncnc(F)c1F.CC#CCOc1ncnc(N2CCC(C)(C)C2)c1F.CC1(C)CCNC1. The summed E-state index contributed by atoms with van der Waals surface area (Å²) in [7, 11) is 0. The Kier molecular flexibility index (Phi) is 12.3. The Morgan fingerprint density at radius 2 is 1.44 bits per heavy atom. The van der Waals surface area contributed by atoms with Gasteiger partial charge in [0.15, 0.2) is 19.0 Å². The molecule has 0 spiro atoms. The van der Waals surface area contributed by atoms with Crippen LogP contribution >= 0.6 is 0 Å². The molecule has 2 saturated heterocycles.